The fourth-order valence-electron chi connectivity index (χ4n) is 2.87. The van der Waals surface area contributed by atoms with Gasteiger partial charge in [-0.05, 0) is 31.0 Å². The standard InChI is InChI=1S/C21H30N4O9S/c1-10(26)17(21(33)34)25-20(32)15(9-35)24-19(31)14(8-11-2-4-12(27)5-3-11)23-18(30)13(22)6-7-16(28)29/h2-5,10,13-15,17,26-27,35H,6-9,22H2,1H3,(H,23,30)(H,24,31)(H,25,32)(H,28,29)(H,33,34). The van der Waals surface area contributed by atoms with Gasteiger partial charge in [0.25, 0.3) is 0 Å². The first-order valence-electron chi connectivity index (χ1n) is 10.5. The second kappa shape index (κ2) is 14.1. The summed E-state index contributed by atoms with van der Waals surface area (Å²) in [5, 5.41) is 43.8. The van der Waals surface area contributed by atoms with Crippen molar-refractivity contribution in [3.8, 4) is 5.75 Å². The number of thiol groups is 1. The third-order valence-corrected chi connectivity index (χ3v) is 5.24. The number of benzene rings is 1. The molecule has 0 saturated heterocycles. The van der Waals surface area contributed by atoms with Crippen molar-refractivity contribution < 1.29 is 44.4 Å². The zero-order chi connectivity index (χ0) is 26.7. The van der Waals surface area contributed by atoms with Crippen LogP contribution in [0, 0.1) is 0 Å². The Balaban J connectivity index is 3.02. The van der Waals surface area contributed by atoms with E-state index in [4.69, 9.17) is 15.9 Å². The lowest BCUT2D eigenvalue weighted by molar-refractivity contribution is -0.145. The van der Waals surface area contributed by atoms with E-state index in [-0.39, 0.29) is 30.8 Å². The number of hydrogen-bond donors (Lipinski definition) is 9. The number of phenolic OH excluding ortho intramolecular Hbond substituents is 1. The maximum Gasteiger partial charge on any atom is 0.328 e. The van der Waals surface area contributed by atoms with Crippen LogP contribution < -0.4 is 21.7 Å². The van der Waals surface area contributed by atoms with Gasteiger partial charge in [0.2, 0.25) is 17.7 Å². The SMILES string of the molecule is CC(O)C(NC(=O)C(CS)NC(=O)C(Cc1ccc(O)cc1)NC(=O)C(N)CCC(=O)O)C(=O)O. The highest BCUT2D eigenvalue weighted by molar-refractivity contribution is 7.80. The summed E-state index contributed by atoms with van der Waals surface area (Å²) in [6.45, 7) is 1.17. The van der Waals surface area contributed by atoms with Crippen LogP contribution >= 0.6 is 12.6 Å². The van der Waals surface area contributed by atoms with E-state index in [0.717, 1.165) is 0 Å². The highest BCUT2D eigenvalue weighted by atomic mass is 32.1. The van der Waals surface area contributed by atoms with Gasteiger partial charge in [0.15, 0.2) is 6.04 Å². The molecule has 1 aromatic carbocycles. The molecule has 0 bridgehead atoms. The number of amides is 3. The van der Waals surface area contributed by atoms with Crippen molar-refractivity contribution in [2.24, 2.45) is 5.73 Å². The number of phenols is 1. The monoisotopic (exact) mass is 514 g/mol. The Bertz CT molecular complexity index is 911. The zero-order valence-electron chi connectivity index (χ0n) is 18.9. The number of rotatable bonds is 14. The second-order valence-electron chi connectivity index (χ2n) is 7.78. The highest BCUT2D eigenvalue weighted by Gasteiger charge is 2.31. The smallest absolute Gasteiger partial charge is 0.328 e. The quantitative estimate of drug-likeness (QED) is 0.124. The number of aliphatic hydroxyl groups is 1. The molecule has 1 aromatic rings. The van der Waals surface area contributed by atoms with Gasteiger partial charge in [0.05, 0.1) is 12.1 Å². The topological polar surface area (TPSA) is 228 Å². The first kappa shape index (κ1) is 29.7. The molecule has 0 aromatic heterocycles. The van der Waals surface area contributed by atoms with E-state index in [2.05, 4.69) is 28.6 Å². The van der Waals surface area contributed by atoms with Crippen molar-refractivity contribution in [2.75, 3.05) is 5.75 Å². The van der Waals surface area contributed by atoms with Crippen molar-refractivity contribution in [1.29, 1.82) is 0 Å². The molecule has 0 aliphatic heterocycles. The average Bonchev–Trinajstić information content (AvgIpc) is 2.79. The van der Waals surface area contributed by atoms with E-state index in [9.17, 15) is 34.2 Å². The number of aliphatic carboxylic acids is 2. The lowest BCUT2D eigenvalue weighted by Crippen LogP contribution is -2.59. The van der Waals surface area contributed by atoms with Gasteiger partial charge in [-0.3, -0.25) is 19.2 Å². The van der Waals surface area contributed by atoms with Crippen LogP contribution in [0.2, 0.25) is 0 Å². The van der Waals surface area contributed by atoms with Gasteiger partial charge in [-0.2, -0.15) is 12.6 Å². The minimum Gasteiger partial charge on any atom is -0.508 e. The molecule has 0 aliphatic carbocycles. The minimum absolute atomic E-state index is 0.0209. The lowest BCUT2D eigenvalue weighted by atomic mass is 10.0. The Kier molecular flexibility index (Phi) is 12.0. The third-order valence-electron chi connectivity index (χ3n) is 4.88. The van der Waals surface area contributed by atoms with Crippen molar-refractivity contribution in [3.63, 3.8) is 0 Å². The van der Waals surface area contributed by atoms with Crippen LogP contribution in [-0.2, 0) is 30.4 Å². The van der Waals surface area contributed by atoms with Crippen molar-refractivity contribution in [3.05, 3.63) is 29.8 Å². The molecular weight excluding hydrogens is 484 g/mol. The first-order chi connectivity index (χ1) is 16.3. The normalized spacial score (nSPS) is 15.1. The number of carbonyl (C=O) groups excluding carboxylic acids is 3. The van der Waals surface area contributed by atoms with Crippen LogP contribution in [0.15, 0.2) is 24.3 Å². The van der Waals surface area contributed by atoms with Crippen molar-refractivity contribution in [1.82, 2.24) is 16.0 Å². The second-order valence-corrected chi connectivity index (χ2v) is 8.14. The molecule has 3 amide bonds. The molecule has 0 radical (unpaired) electrons. The molecule has 0 heterocycles. The number of nitrogens with one attached hydrogen (secondary N) is 3. The summed E-state index contributed by atoms with van der Waals surface area (Å²) in [5.74, 6) is -5.42. The Morgan fingerprint density at radius 3 is 1.97 bits per heavy atom. The predicted octanol–water partition coefficient (Wildman–Crippen LogP) is -2.02. The number of nitrogens with two attached hydrogens (primary N) is 1. The number of hydrogen-bond acceptors (Lipinski definition) is 9. The number of aromatic hydroxyl groups is 1. The molecular formula is C21H30N4O9S. The Hall–Kier alpha value is -3.36. The fraction of sp³-hybridized carbons (Fsp3) is 0.476. The number of aliphatic hydroxyl groups excluding tert-OH is 1. The van der Waals surface area contributed by atoms with E-state index in [0.29, 0.717) is 5.56 Å². The molecule has 13 nitrogen and oxygen atoms in total. The first-order valence-corrected chi connectivity index (χ1v) is 11.2. The molecule has 194 valence electrons. The summed E-state index contributed by atoms with van der Waals surface area (Å²) in [7, 11) is 0. The van der Waals surface area contributed by atoms with Gasteiger partial charge in [0.1, 0.15) is 17.8 Å². The molecule has 9 N–H and O–H groups in total. The van der Waals surface area contributed by atoms with E-state index in [1.54, 1.807) is 0 Å². The van der Waals surface area contributed by atoms with E-state index >= 15 is 0 Å². The van der Waals surface area contributed by atoms with Gasteiger partial charge < -0.3 is 42.1 Å². The van der Waals surface area contributed by atoms with Crippen LogP contribution in [0.3, 0.4) is 0 Å². The van der Waals surface area contributed by atoms with Gasteiger partial charge in [-0.15, -0.1) is 0 Å². The molecule has 0 saturated carbocycles. The summed E-state index contributed by atoms with van der Waals surface area (Å²) in [6, 6.07) is 0.350. The largest absolute Gasteiger partial charge is 0.508 e. The summed E-state index contributed by atoms with van der Waals surface area (Å²) in [5.41, 5.74) is 6.25. The van der Waals surface area contributed by atoms with E-state index in [1.165, 1.54) is 31.2 Å². The molecule has 0 aliphatic rings. The molecule has 35 heavy (non-hydrogen) atoms. The Morgan fingerprint density at radius 1 is 0.943 bits per heavy atom. The van der Waals surface area contributed by atoms with Crippen LogP contribution in [0.4, 0.5) is 0 Å². The average molecular weight is 515 g/mol. The Morgan fingerprint density at radius 2 is 1.49 bits per heavy atom. The minimum atomic E-state index is -1.62. The number of carbonyl (C=O) groups is 5. The maximum absolute atomic E-state index is 13.0. The van der Waals surface area contributed by atoms with Crippen LogP contribution in [-0.4, -0.2) is 86.1 Å². The molecule has 5 atom stereocenters. The molecule has 1 rings (SSSR count). The van der Waals surface area contributed by atoms with Gasteiger partial charge in [-0.25, -0.2) is 4.79 Å². The summed E-state index contributed by atoms with van der Waals surface area (Å²) >= 11 is 4.01. The lowest BCUT2D eigenvalue weighted by Gasteiger charge is -2.25. The summed E-state index contributed by atoms with van der Waals surface area (Å²) in [6.07, 6.45) is -2.02. The number of carboxylic acids is 2. The Labute approximate surface area is 206 Å². The van der Waals surface area contributed by atoms with Crippen molar-refractivity contribution in [2.45, 2.75) is 56.5 Å². The number of carboxylic acid groups (broad SMARTS) is 2. The highest BCUT2D eigenvalue weighted by Crippen LogP contribution is 2.12. The fourth-order valence-corrected chi connectivity index (χ4v) is 3.13. The van der Waals surface area contributed by atoms with Crippen LogP contribution in [0.25, 0.3) is 0 Å². The van der Waals surface area contributed by atoms with Gasteiger partial charge in [0, 0.05) is 18.6 Å². The molecule has 0 spiro atoms. The van der Waals surface area contributed by atoms with Gasteiger partial charge >= 0.3 is 11.9 Å². The predicted molar refractivity (Wildman–Crippen MR) is 126 cm³/mol. The van der Waals surface area contributed by atoms with Crippen LogP contribution in [0.5, 0.6) is 5.75 Å². The molecule has 0 fully saturated rings. The van der Waals surface area contributed by atoms with Crippen LogP contribution in [0.1, 0.15) is 25.3 Å². The van der Waals surface area contributed by atoms with E-state index < -0.39 is 59.9 Å². The zero-order valence-corrected chi connectivity index (χ0v) is 19.8. The van der Waals surface area contributed by atoms with E-state index in [1.807, 2.05) is 0 Å². The summed E-state index contributed by atoms with van der Waals surface area (Å²) < 4.78 is 0. The maximum atomic E-state index is 13.0. The van der Waals surface area contributed by atoms with Crippen molar-refractivity contribution >= 4 is 42.3 Å². The molecule has 5 unspecified atom stereocenters. The molecule has 14 heteroatoms. The third kappa shape index (κ3) is 10.2. The van der Waals surface area contributed by atoms with Gasteiger partial charge in [-0.1, -0.05) is 12.1 Å². The summed E-state index contributed by atoms with van der Waals surface area (Å²) in [4.78, 5) is 59.9.